The maximum absolute atomic E-state index is 15.6. The van der Waals surface area contributed by atoms with Crippen molar-refractivity contribution in [3.05, 3.63) is 11.6 Å². The van der Waals surface area contributed by atoms with Crippen LogP contribution in [0.1, 0.15) is 113 Å². The van der Waals surface area contributed by atoms with Gasteiger partial charge < -0.3 is 109 Å². The summed E-state index contributed by atoms with van der Waals surface area (Å²) in [6.07, 6.45) is -24.4. The first-order valence-electron chi connectivity index (χ1n) is 27.9. The van der Waals surface area contributed by atoms with Gasteiger partial charge in [0.15, 0.2) is 25.0 Å². The standard InChI is InChI=1S/C54H88O23/c1-23-32(58)36(62)41(67)45(71-23)76-43-39(65)35(61)28(21-70-44-40(66)37(63)33(59)26(19-55)72-44)74-47(43)77-48(69)54-16-14-49(2,3)18-25(54)24-8-9-30-50(4)12-11-31(75-46-42(68)38(64)34(60)27(20-56)73-46)51(5,22-57)29(50)10-13-53(30,7)52(24,6)15-17-54/h8,23,25-47,55-68H,9-22H2,1-7H3/t23-,25-,26+,27+,28+,29+,30+,31-,32-,33+,34+,35+,36+,37-,38-,39-,40+,41+,42+,43+,44+,45-,46-,47-,50-,51-,52+,53+,54-/m0/s1. The number of ether oxygens (including phenoxy) is 8. The van der Waals surface area contributed by atoms with Crippen molar-refractivity contribution in [1.29, 1.82) is 0 Å². The Morgan fingerprint density at radius 1 is 0.584 bits per heavy atom. The summed E-state index contributed by atoms with van der Waals surface area (Å²) in [7, 11) is 0. The summed E-state index contributed by atoms with van der Waals surface area (Å²) >= 11 is 0. The van der Waals surface area contributed by atoms with E-state index in [4.69, 9.17) is 37.9 Å². The molecule has 4 saturated heterocycles. The zero-order valence-electron chi connectivity index (χ0n) is 45.3. The van der Waals surface area contributed by atoms with Crippen molar-refractivity contribution in [1.82, 2.24) is 0 Å². The molecule has 77 heavy (non-hydrogen) atoms. The van der Waals surface area contributed by atoms with Gasteiger partial charge >= 0.3 is 5.97 Å². The smallest absolute Gasteiger partial charge is 0.315 e. The van der Waals surface area contributed by atoms with Crippen molar-refractivity contribution in [3.8, 4) is 0 Å². The first-order valence-corrected chi connectivity index (χ1v) is 27.9. The van der Waals surface area contributed by atoms with Crippen LogP contribution in [-0.4, -0.2) is 233 Å². The Morgan fingerprint density at radius 2 is 1.14 bits per heavy atom. The number of hydrogen-bond acceptors (Lipinski definition) is 23. The lowest BCUT2D eigenvalue weighted by Crippen LogP contribution is -2.67. The van der Waals surface area contributed by atoms with E-state index < -0.39 is 171 Å². The van der Waals surface area contributed by atoms with Crippen LogP contribution in [-0.2, 0) is 42.7 Å². The SMILES string of the molecule is C[C@@H]1O[C@@H](O[C@H]2[C@H](OC(=O)[C@]34CCC(C)(C)C[C@H]3C3=CC[C@@H]5[C@@]6(C)CC[C@H](O[C@@H]7O[C@H](CO)[C@@H](O)[C@H](O)[C@H]7O)[C@@](C)(CO)[C@@H]6CC[C@@]5(C)[C@]3(C)CC4)O[C@H](CO[C@@H]3O[C@H](CO)[C@@H](O)[C@H](O)[C@H]3O)[C@@H](O)[C@@H]2O)[C@H](O)[C@H](O)[C@H]1O. The molecule has 0 amide bonds. The van der Waals surface area contributed by atoms with Gasteiger partial charge in [0.2, 0.25) is 6.29 Å². The van der Waals surface area contributed by atoms with E-state index in [1.165, 1.54) is 6.92 Å². The van der Waals surface area contributed by atoms with Crippen LogP contribution < -0.4 is 0 Å². The van der Waals surface area contributed by atoms with E-state index in [0.29, 0.717) is 51.4 Å². The van der Waals surface area contributed by atoms with E-state index in [1.807, 2.05) is 6.92 Å². The first kappa shape index (κ1) is 60.0. The highest BCUT2D eigenvalue weighted by molar-refractivity contribution is 5.79. The van der Waals surface area contributed by atoms with Crippen LogP contribution >= 0.6 is 0 Å². The largest absolute Gasteiger partial charge is 0.432 e. The Labute approximate surface area is 449 Å². The number of carbonyl (C=O) groups is 1. The zero-order chi connectivity index (χ0) is 56.3. The molecule has 0 aromatic rings. The third-order valence-electron chi connectivity index (χ3n) is 21.5. The molecule has 9 aliphatic rings. The zero-order valence-corrected chi connectivity index (χ0v) is 45.3. The summed E-state index contributed by atoms with van der Waals surface area (Å²) < 4.78 is 48.0. The normalized spacial score (nSPS) is 54.7. The van der Waals surface area contributed by atoms with Crippen LogP contribution in [0.5, 0.6) is 0 Å². The van der Waals surface area contributed by atoms with E-state index in [-0.39, 0.29) is 40.6 Å². The van der Waals surface area contributed by atoms with E-state index in [0.717, 1.165) is 18.4 Å². The molecule has 4 heterocycles. The van der Waals surface area contributed by atoms with Crippen molar-refractivity contribution in [2.45, 2.75) is 242 Å². The molecule has 23 nitrogen and oxygen atoms in total. The number of esters is 1. The molecule has 0 aromatic carbocycles. The number of rotatable bonds is 12. The van der Waals surface area contributed by atoms with Crippen LogP contribution in [0.3, 0.4) is 0 Å². The topological polar surface area (TPSA) is 374 Å². The molecule has 0 unspecified atom stereocenters. The Bertz CT molecular complexity index is 2110. The molecule has 0 radical (unpaired) electrons. The fraction of sp³-hybridized carbons (Fsp3) is 0.944. The molecule has 0 spiro atoms. The number of aliphatic hydroxyl groups excluding tert-OH is 14. The minimum Gasteiger partial charge on any atom is -0.432 e. The van der Waals surface area contributed by atoms with Crippen LogP contribution in [0, 0.1) is 50.2 Å². The Hall–Kier alpha value is -1.63. The maximum Gasteiger partial charge on any atom is 0.315 e. The summed E-state index contributed by atoms with van der Waals surface area (Å²) in [5, 5.41) is 150. The lowest BCUT2D eigenvalue weighted by Gasteiger charge is -2.71. The molecule has 9 rings (SSSR count). The first-order chi connectivity index (χ1) is 36.1. The van der Waals surface area contributed by atoms with Gasteiger partial charge in [-0.3, -0.25) is 4.79 Å². The minimum atomic E-state index is -1.94. The molecule has 442 valence electrons. The van der Waals surface area contributed by atoms with Gasteiger partial charge in [-0.1, -0.05) is 53.2 Å². The van der Waals surface area contributed by atoms with Crippen LogP contribution in [0.4, 0.5) is 0 Å². The summed E-state index contributed by atoms with van der Waals surface area (Å²) in [6, 6.07) is 0. The third-order valence-corrected chi connectivity index (χ3v) is 21.5. The Morgan fingerprint density at radius 3 is 1.77 bits per heavy atom. The molecule has 29 atom stereocenters. The van der Waals surface area contributed by atoms with Gasteiger partial charge in [0.05, 0.1) is 44.1 Å². The maximum atomic E-state index is 15.6. The summed E-state index contributed by atoms with van der Waals surface area (Å²) in [6.45, 7) is 12.6. The number of fused-ring (bicyclic) bond motifs is 7. The van der Waals surface area contributed by atoms with Gasteiger partial charge in [-0.05, 0) is 111 Å². The minimum absolute atomic E-state index is 0.0471. The molecule has 4 saturated carbocycles. The predicted molar refractivity (Wildman–Crippen MR) is 263 cm³/mol. The number of carbonyl (C=O) groups excluding carboxylic acids is 1. The lowest BCUT2D eigenvalue weighted by atomic mass is 9.33. The van der Waals surface area contributed by atoms with E-state index in [9.17, 15) is 71.5 Å². The molecule has 4 aliphatic heterocycles. The fourth-order valence-electron chi connectivity index (χ4n) is 16.4. The second kappa shape index (κ2) is 21.8. The molecular weight excluding hydrogens is 1020 g/mol. The second-order valence-electron chi connectivity index (χ2n) is 26.1. The third kappa shape index (κ3) is 9.80. The van der Waals surface area contributed by atoms with Gasteiger partial charge in [-0.15, -0.1) is 0 Å². The Balaban J connectivity index is 0.992. The van der Waals surface area contributed by atoms with Crippen molar-refractivity contribution in [2.24, 2.45) is 50.2 Å². The second-order valence-corrected chi connectivity index (χ2v) is 26.1. The molecule has 5 aliphatic carbocycles. The highest BCUT2D eigenvalue weighted by Gasteiger charge is 2.71. The predicted octanol–water partition coefficient (Wildman–Crippen LogP) is -2.04. The fourth-order valence-corrected chi connectivity index (χ4v) is 16.4. The van der Waals surface area contributed by atoms with E-state index >= 15 is 4.79 Å². The molecular formula is C54H88O23. The summed E-state index contributed by atoms with van der Waals surface area (Å²) in [4.78, 5) is 15.6. The lowest BCUT2D eigenvalue weighted by molar-refractivity contribution is -0.366. The van der Waals surface area contributed by atoms with Crippen molar-refractivity contribution in [2.75, 3.05) is 26.4 Å². The van der Waals surface area contributed by atoms with Gasteiger partial charge in [-0.25, -0.2) is 0 Å². The van der Waals surface area contributed by atoms with Gasteiger partial charge in [-0.2, -0.15) is 0 Å². The number of aliphatic hydroxyl groups is 14. The van der Waals surface area contributed by atoms with Crippen molar-refractivity contribution < 1.29 is 114 Å². The molecule has 0 aromatic heterocycles. The van der Waals surface area contributed by atoms with Gasteiger partial charge in [0.1, 0.15) is 85.5 Å². The van der Waals surface area contributed by atoms with Gasteiger partial charge in [0, 0.05) is 5.41 Å². The van der Waals surface area contributed by atoms with Crippen LogP contribution in [0.2, 0.25) is 0 Å². The number of hydrogen-bond donors (Lipinski definition) is 14. The van der Waals surface area contributed by atoms with Crippen LogP contribution in [0.25, 0.3) is 0 Å². The van der Waals surface area contributed by atoms with Gasteiger partial charge in [0.25, 0.3) is 0 Å². The summed E-state index contributed by atoms with van der Waals surface area (Å²) in [5.74, 6) is -0.892. The number of allylic oxidation sites excluding steroid dienone is 2. The van der Waals surface area contributed by atoms with E-state index in [2.05, 4.69) is 40.7 Å². The van der Waals surface area contributed by atoms with Crippen molar-refractivity contribution >= 4 is 5.97 Å². The van der Waals surface area contributed by atoms with Crippen molar-refractivity contribution in [3.63, 3.8) is 0 Å². The average molecular weight is 1110 g/mol. The average Bonchev–Trinajstić information content (AvgIpc) is 3.55. The quantitative estimate of drug-likeness (QED) is 0.0569. The van der Waals surface area contributed by atoms with E-state index in [1.54, 1.807) is 0 Å². The Kier molecular flexibility index (Phi) is 17.0. The summed E-state index contributed by atoms with van der Waals surface area (Å²) in [5.41, 5.74) is -1.99. The molecule has 8 fully saturated rings. The van der Waals surface area contributed by atoms with Crippen LogP contribution in [0.15, 0.2) is 11.6 Å². The monoisotopic (exact) mass is 1100 g/mol. The molecule has 23 heteroatoms. The molecule has 14 N–H and O–H groups in total. The molecule has 0 bridgehead atoms. The highest BCUT2D eigenvalue weighted by atomic mass is 16.8. The highest BCUT2D eigenvalue weighted by Crippen LogP contribution is 2.76.